The summed E-state index contributed by atoms with van der Waals surface area (Å²) in [6, 6.07) is 21.6. The Kier molecular flexibility index (Phi) is 10.6. The number of piperazine rings is 1. The lowest BCUT2D eigenvalue weighted by molar-refractivity contribution is -0.384. The summed E-state index contributed by atoms with van der Waals surface area (Å²) in [6.45, 7) is 8.67. The Morgan fingerprint density at radius 2 is 1.72 bits per heavy atom. The van der Waals surface area contributed by atoms with E-state index in [0.717, 1.165) is 48.6 Å². The molecule has 2 aliphatic rings. The van der Waals surface area contributed by atoms with Crippen molar-refractivity contribution < 1.29 is 33.8 Å². The molecule has 2 N–H and O–H groups in total. The van der Waals surface area contributed by atoms with E-state index >= 15 is 0 Å². The summed E-state index contributed by atoms with van der Waals surface area (Å²) in [5.41, 5.74) is 4.08. The van der Waals surface area contributed by atoms with Crippen LogP contribution in [0.3, 0.4) is 0 Å². The number of rotatable bonds is 10. The van der Waals surface area contributed by atoms with Crippen LogP contribution in [0, 0.1) is 16.0 Å². The lowest BCUT2D eigenvalue weighted by Gasteiger charge is -2.44. The summed E-state index contributed by atoms with van der Waals surface area (Å²) in [5, 5.41) is 23.4. The molecule has 244 valence electrons. The van der Waals surface area contributed by atoms with E-state index in [2.05, 4.69) is 22.0 Å². The largest absolute Gasteiger partial charge is 0.453 e. The second-order valence-electron chi connectivity index (χ2n) is 11.7. The Balaban J connectivity index is 1.31. The van der Waals surface area contributed by atoms with Crippen molar-refractivity contribution in [1.29, 1.82) is 0 Å². The topological polar surface area (TPSA) is 144 Å². The number of hydrogen-bond donors (Lipinski definition) is 2. The third-order valence-corrected chi connectivity index (χ3v) is 8.50. The molecule has 0 bridgehead atoms. The van der Waals surface area contributed by atoms with Crippen LogP contribution < -0.4 is 10.2 Å². The van der Waals surface area contributed by atoms with E-state index in [1.165, 1.54) is 26.0 Å². The molecule has 3 aromatic carbocycles. The van der Waals surface area contributed by atoms with Crippen LogP contribution in [0.5, 0.6) is 0 Å². The van der Waals surface area contributed by atoms with E-state index in [-0.39, 0.29) is 30.4 Å². The molecule has 12 heteroatoms. The van der Waals surface area contributed by atoms with Gasteiger partial charge in [-0.05, 0) is 42.3 Å². The molecule has 2 saturated heterocycles. The molecule has 2 aliphatic heterocycles. The number of nitrogens with one attached hydrogen (secondary N) is 1. The van der Waals surface area contributed by atoms with Crippen molar-refractivity contribution in [1.82, 2.24) is 4.90 Å². The number of anilines is 2. The Morgan fingerprint density at radius 3 is 2.35 bits per heavy atom. The molecule has 5 atom stereocenters. The number of hydrogen-bond acceptors (Lipinski definition) is 10. The summed E-state index contributed by atoms with van der Waals surface area (Å²) in [4.78, 5) is 39.1. The molecule has 0 radical (unpaired) electrons. The Hall–Kier alpha value is -4.36. The second kappa shape index (κ2) is 14.8. The van der Waals surface area contributed by atoms with Gasteiger partial charge in [-0.2, -0.15) is 0 Å². The number of amides is 1. The third kappa shape index (κ3) is 8.07. The van der Waals surface area contributed by atoms with Gasteiger partial charge < -0.3 is 29.5 Å². The zero-order chi connectivity index (χ0) is 32.8. The van der Waals surface area contributed by atoms with E-state index in [1.807, 2.05) is 36.4 Å². The van der Waals surface area contributed by atoms with Crippen molar-refractivity contribution in [2.24, 2.45) is 5.92 Å². The van der Waals surface area contributed by atoms with Crippen molar-refractivity contribution in [2.45, 2.75) is 52.0 Å². The predicted octanol–water partition coefficient (Wildman–Crippen LogP) is 4.59. The fourth-order valence-corrected chi connectivity index (χ4v) is 5.87. The van der Waals surface area contributed by atoms with Gasteiger partial charge in [0.15, 0.2) is 12.4 Å². The highest BCUT2D eigenvalue weighted by Crippen LogP contribution is 2.42. The minimum atomic E-state index is -0.944. The van der Waals surface area contributed by atoms with Crippen LogP contribution in [0.15, 0.2) is 72.8 Å². The number of ether oxygens (including phenoxy) is 3. The lowest BCUT2D eigenvalue weighted by Crippen LogP contribution is -2.51. The monoisotopic (exact) mass is 632 g/mol. The first kappa shape index (κ1) is 33.0. The van der Waals surface area contributed by atoms with Gasteiger partial charge in [0.25, 0.3) is 11.6 Å². The van der Waals surface area contributed by atoms with Crippen LogP contribution >= 0.6 is 0 Å². The summed E-state index contributed by atoms with van der Waals surface area (Å²) in [6.07, 6.45) is -2.14. The smallest absolute Gasteiger partial charge is 0.303 e. The number of carbonyl (C=O) groups excluding carboxylic acids is 2. The molecule has 46 heavy (non-hydrogen) atoms. The summed E-state index contributed by atoms with van der Waals surface area (Å²) in [5.74, 6) is -0.984. The summed E-state index contributed by atoms with van der Waals surface area (Å²) < 4.78 is 18.2. The van der Waals surface area contributed by atoms with Crippen LogP contribution in [-0.4, -0.2) is 71.7 Å². The van der Waals surface area contributed by atoms with E-state index < -0.39 is 29.2 Å². The Labute approximate surface area is 268 Å². The Bertz CT molecular complexity index is 1510. The quantitative estimate of drug-likeness (QED) is 0.185. The fourth-order valence-electron chi connectivity index (χ4n) is 5.87. The van der Waals surface area contributed by atoms with Crippen molar-refractivity contribution >= 4 is 28.9 Å². The van der Waals surface area contributed by atoms with Gasteiger partial charge in [0.2, 0.25) is 0 Å². The highest BCUT2D eigenvalue weighted by molar-refractivity contribution is 5.95. The van der Waals surface area contributed by atoms with E-state index in [9.17, 15) is 24.8 Å². The normalized spacial score (nSPS) is 22.6. The van der Waals surface area contributed by atoms with Crippen molar-refractivity contribution in [3.05, 3.63) is 99.6 Å². The van der Waals surface area contributed by atoms with Crippen LogP contribution in [0.2, 0.25) is 0 Å². The standard InChI is InChI=1S/C34H40N4O8/c1-22-31(20-36-15-17-37(18-16-36)29-11-13-30(14-12-29)38(42)43)45-34(46-32(22)26-9-7-25(21-39)8-10-26)27-5-4-6-28(19-27)35-33(41)23(2)44-24(3)40/h4-14,19,22-23,31-32,34,39H,15-18,20-21H2,1-3H3,(H,35,41)/t22-,23-,31+,32+,34+/m0/s1. The van der Waals surface area contributed by atoms with E-state index in [0.29, 0.717) is 12.2 Å². The number of aliphatic hydroxyl groups excluding tert-OH is 1. The molecule has 0 saturated carbocycles. The molecule has 3 aromatic rings. The third-order valence-electron chi connectivity index (χ3n) is 8.50. The molecule has 2 heterocycles. The van der Waals surface area contributed by atoms with Crippen LogP contribution in [-0.2, 0) is 30.4 Å². The molecular formula is C34H40N4O8. The predicted molar refractivity (Wildman–Crippen MR) is 171 cm³/mol. The van der Waals surface area contributed by atoms with Crippen molar-refractivity contribution in [3.63, 3.8) is 0 Å². The van der Waals surface area contributed by atoms with Gasteiger partial charge in [0.1, 0.15) is 0 Å². The molecule has 2 fully saturated rings. The van der Waals surface area contributed by atoms with Gasteiger partial charge in [0, 0.05) is 74.6 Å². The molecule has 1 amide bonds. The minimum absolute atomic E-state index is 0.00334. The molecule has 0 aliphatic carbocycles. The highest BCUT2D eigenvalue weighted by Gasteiger charge is 2.39. The van der Waals surface area contributed by atoms with Gasteiger partial charge in [-0.1, -0.05) is 43.3 Å². The van der Waals surface area contributed by atoms with Crippen LogP contribution in [0.4, 0.5) is 17.1 Å². The SMILES string of the molecule is CC(=O)O[C@@H](C)C(=O)Nc1cccc([C@@H]2O[C@H](CN3CCN(c4ccc([N+](=O)[O-])cc4)CC3)[C@H](C)[C@H](c3ccc(CO)cc3)O2)c1. The number of nitro benzene ring substituents is 1. The first-order chi connectivity index (χ1) is 22.1. The average Bonchev–Trinajstić information content (AvgIpc) is 3.06. The van der Waals surface area contributed by atoms with E-state index in [4.69, 9.17) is 14.2 Å². The number of non-ortho nitro benzene ring substituents is 1. The van der Waals surface area contributed by atoms with Gasteiger partial charge in [-0.15, -0.1) is 0 Å². The first-order valence-electron chi connectivity index (χ1n) is 15.4. The average molecular weight is 633 g/mol. The van der Waals surface area contributed by atoms with Crippen molar-refractivity contribution in [3.8, 4) is 0 Å². The molecular weight excluding hydrogens is 592 g/mol. The number of carbonyl (C=O) groups is 2. The van der Waals surface area contributed by atoms with Gasteiger partial charge in [-0.3, -0.25) is 24.6 Å². The van der Waals surface area contributed by atoms with Crippen LogP contribution in [0.25, 0.3) is 0 Å². The van der Waals surface area contributed by atoms with Gasteiger partial charge in [-0.25, -0.2) is 0 Å². The molecule has 0 aromatic heterocycles. The summed E-state index contributed by atoms with van der Waals surface area (Å²) >= 11 is 0. The maximum absolute atomic E-state index is 12.6. The van der Waals surface area contributed by atoms with Crippen molar-refractivity contribution in [2.75, 3.05) is 42.9 Å². The number of nitrogens with zero attached hydrogens (tertiary/aromatic N) is 3. The molecule has 0 unspecified atom stereocenters. The lowest BCUT2D eigenvalue weighted by atomic mass is 9.90. The second-order valence-corrected chi connectivity index (χ2v) is 11.7. The maximum Gasteiger partial charge on any atom is 0.303 e. The fraction of sp³-hybridized carbons (Fsp3) is 0.412. The summed E-state index contributed by atoms with van der Waals surface area (Å²) in [7, 11) is 0. The Morgan fingerprint density at radius 1 is 1.02 bits per heavy atom. The zero-order valence-electron chi connectivity index (χ0n) is 26.2. The zero-order valence-corrected chi connectivity index (χ0v) is 26.2. The first-order valence-corrected chi connectivity index (χ1v) is 15.4. The van der Waals surface area contributed by atoms with E-state index in [1.54, 1.807) is 24.3 Å². The van der Waals surface area contributed by atoms with Gasteiger partial charge in [0.05, 0.1) is 23.7 Å². The number of nitro groups is 1. The number of esters is 1. The molecule has 0 spiro atoms. The van der Waals surface area contributed by atoms with Gasteiger partial charge >= 0.3 is 5.97 Å². The van der Waals surface area contributed by atoms with Crippen LogP contribution in [0.1, 0.15) is 49.9 Å². The molecule has 5 rings (SSSR count). The highest BCUT2D eigenvalue weighted by atomic mass is 16.7. The maximum atomic E-state index is 12.6. The number of benzene rings is 3. The molecule has 12 nitrogen and oxygen atoms in total. The number of aliphatic hydroxyl groups is 1. The minimum Gasteiger partial charge on any atom is -0.453 e.